The van der Waals surface area contributed by atoms with Crippen LogP contribution >= 0.6 is 0 Å². The average Bonchev–Trinajstić information content (AvgIpc) is 2.80. The van der Waals surface area contributed by atoms with Gasteiger partial charge in [0.25, 0.3) is 0 Å². The summed E-state index contributed by atoms with van der Waals surface area (Å²) in [7, 11) is 0. The highest BCUT2D eigenvalue weighted by atomic mass is 19.4. The fourth-order valence-corrected chi connectivity index (χ4v) is 1.99. The van der Waals surface area contributed by atoms with E-state index < -0.39 is 29.3 Å². The summed E-state index contributed by atoms with van der Waals surface area (Å²) < 4.78 is 43.1. The van der Waals surface area contributed by atoms with Crippen molar-refractivity contribution >= 4 is 11.5 Å². The van der Waals surface area contributed by atoms with Crippen LogP contribution in [-0.2, 0) is 10.9 Å². The van der Waals surface area contributed by atoms with Crippen molar-refractivity contribution in [3.63, 3.8) is 0 Å². The lowest BCUT2D eigenvalue weighted by Gasteiger charge is -2.15. The third-order valence-corrected chi connectivity index (χ3v) is 2.90. The van der Waals surface area contributed by atoms with Gasteiger partial charge >= 0.3 is 6.18 Å². The Hall–Kier alpha value is -1.56. The molecular formula is C12H12F3NO2. The van der Waals surface area contributed by atoms with Gasteiger partial charge in [0, 0.05) is 12.2 Å². The minimum atomic E-state index is -4.56. The van der Waals surface area contributed by atoms with Crippen LogP contribution in [-0.4, -0.2) is 18.5 Å². The van der Waals surface area contributed by atoms with Crippen LogP contribution in [0.4, 0.5) is 18.9 Å². The standard InChI is InChI=1S/C12H12F3NO2/c13-12(14,15)8-4-1-3-7(10(8)16)11(17)9-5-2-6-18-9/h1,3-4,9H,2,5-6,16H2. The van der Waals surface area contributed by atoms with Gasteiger partial charge in [-0.1, -0.05) is 6.07 Å². The average molecular weight is 259 g/mol. The number of alkyl halides is 3. The Labute approximate surface area is 102 Å². The molecule has 1 aliphatic rings. The normalized spacial score (nSPS) is 20.1. The number of rotatable bonds is 2. The van der Waals surface area contributed by atoms with Crippen LogP contribution < -0.4 is 5.73 Å². The van der Waals surface area contributed by atoms with E-state index in [1.54, 1.807) is 0 Å². The van der Waals surface area contributed by atoms with Crippen LogP contribution in [0, 0.1) is 0 Å². The number of ether oxygens (including phenoxy) is 1. The van der Waals surface area contributed by atoms with Crippen LogP contribution in [0.1, 0.15) is 28.8 Å². The Kier molecular flexibility index (Phi) is 3.30. The molecule has 0 amide bonds. The van der Waals surface area contributed by atoms with Crippen LogP contribution in [0.5, 0.6) is 0 Å². The number of carbonyl (C=O) groups excluding carboxylic acids is 1. The maximum atomic E-state index is 12.6. The summed E-state index contributed by atoms with van der Waals surface area (Å²) in [5, 5.41) is 0. The first kappa shape index (κ1) is 12.9. The molecular weight excluding hydrogens is 247 g/mol. The Morgan fingerprint density at radius 2 is 2.11 bits per heavy atom. The molecule has 1 aromatic carbocycles. The van der Waals surface area contributed by atoms with E-state index in [0.29, 0.717) is 13.0 Å². The number of Topliss-reactive ketones (excluding diaryl/α,β-unsaturated/α-hetero) is 1. The zero-order chi connectivity index (χ0) is 13.3. The van der Waals surface area contributed by atoms with Crippen molar-refractivity contribution in [2.24, 2.45) is 0 Å². The summed E-state index contributed by atoms with van der Waals surface area (Å²) in [4.78, 5) is 12.0. The molecule has 1 aromatic rings. The third kappa shape index (κ3) is 2.33. The van der Waals surface area contributed by atoms with Crippen molar-refractivity contribution in [2.45, 2.75) is 25.1 Å². The van der Waals surface area contributed by atoms with E-state index in [4.69, 9.17) is 10.5 Å². The maximum absolute atomic E-state index is 12.6. The topological polar surface area (TPSA) is 52.3 Å². The van der Waals surface area contributed by atoms with Gasteiger partial charge in [-0.05, 0) is 25.0 Å². The highest BCUT2D eigenvalue weighted by Crippen LogP contribution is 2.35. The number of halogens is 3. The zero-order valence-corrected chi connectivity index (χ0v) is 9.46. The van der Waals surface area contributed by atoms with E-state index in [2.05, 4.69) is 0 Å². The Morgan fingerprint density at radius 3 is 2.67 bits per heavy atom. The zero-order valence-electron chi connectivity index (χ0n) is 9.46. The molecule has 98 valence electrons. The molecule has 0 aliphatic carbocycles. The van der Waals surface area contributed by atoms with Crippen molar-refractivity contribution in [3.05, 3.63) is 29.3 Å². The summed E-state index contributed by atoms with van der Waals surface area (Å²) in [5.41, 5.74) is 3.82. The smallest absolute Gasteiger partial charge is 0.398 e. The fraction of sp³-hybridized carbons (Fsp3) is 0.417. The molecule has 1 unspecified atom stereocenters. The van der Waals surface area contributed by atoms with Crippen LogP contribution in [0.25, 0.3) is 0 Å². The van der Waals surface area contributed by atoms with E-state index in [9.17, 15) is 18.0 Å². The largest absolute Gasteiger partial charge is 0.418 e. The molecule has 2 rings (SSSR count). The lowest BCUT2D eigenvalue weighted by molar-refractivity contribution is -0.136. The van der Waals surface area contributed by atoms with Gasteiger partial charge in [0.2, 0.25) is 0 Å². The molecule has 1 atom stereocenters. The summed E-state index contributed by atoms with van der Waals surface area (Å²) in [6, 6.07) is 3.34. The van der Waals surface area contributed by atoms with Crippen LogP contribution in [0.3, 0.4) is 0 Å². The number of ketones is 1. The number of carbonyl (C=O) groups is 1. The monoisotopic (exact) mass is 259 g/mol. The van der Waals surface area contributed by atoms with E-state index in [0.717, 1.165) is 12.5 Å². The van der Waals surface area contributed by atoms with Gasteiger partial charge in [0.05, 0.1) is 11.3 Å². The Morgan fingerprint density at radius 1 is 1.39 bits per heavy atom. The molecule has 1 heterocycles. The number of benzene rings is 1. The number of hydrogen-bond acceptors (Lipinski definition) is 3. The minimum absolute atomic E-state index is 0.114. The number of nitrogens with two attached hydrogens (primary N) is 1. The first-order chi connectivity index (χ1) is 8.41. The van der Waals surface area contributed by atoms with Gasteiger partial charge in [-0.15, -0.1) is 0 Å². The predicted octanol–water partition coefficient (Wildman–Crippen LogP) is 2.65. The van der Waals surface area contributed by atoms with E-state index >= 15 is 0 Å². The van der Waals surface area contributed by atoms with E-state index in [1.807, 2.05) is 0 Å². The van der Waals surface area contributed by atoms with Crippen molar-refractivity contribution in [3.8, 4) is 0 Å². The Balaban J connectivity index is 2.36. The van der Waals surface area contributed by atoms with Gasteiger partial charge in [-0.3, -0.25) is 4.79 Å². The first-order valence-electron chi connectivity index (χ1n) is 5.53. The van der Waals surface area contributed by atoms with Crippen molar-refractivity contribution in [1.29, 1.82) is 0 Å². The molecule has 0 radical (unpaired) electrons. The predicted molar refractivity (Wildman–Crippen MR) is 59.2 cm³/mol. The molecule has 2 N–H and O–H groups in total. The summed E-state index contributed by atoms with van der Waals surface area (Å²) in [6.07, 6.45) is -3.98. The van der Waals surface area contributed by atoms with Crippen LogP contribution in [0.2, 0.25) is 0 Å². The summed E-state index contributed by atoms with van der Waals surface area (Å²) >= 11 is 0. The highest BCUT2D eigenvalue weighted by molar-refractivity contribution is 6.04. The molecule has 1 fully saturated rings. The van der Waals surface area contributed by atoms with E-state index in [1.165, 1.54) is 12.1 Å². The molecule has 0 saturated carbocycles. The number of nitrogen functional groups attached to an aromatic ring is 1. The second kappa shape index (κ2) is 4.61. The van der Waals surface area contributed by atoms with Crippen molar-refractivity contribution in [2.75, 3.05) is 12.3 Å². The summed E-state index contributed by atoms with van der Waals surface area (Å²) in [5.74, 6) is -0.476. The highest BCUT2D eigenvalue weighted by Gasteiger charge is 2.35. The molecule has 6 heteroatoms. The van der Waals surface area contributed by atoms with Gasteiger partial charge in [0.1, 0.15) is 6.10 Å². The quantitative estimate of drug-likeness (QED) is 0.656. The molecule has 0 bridgehead atoms. The van der Waals surface area contributed by atoms with Crippen molar-refractivity contribution in [1.82, 2.24) is 0 Å². The molecule has 1 aliphatic heterocycles. The number of hydrogen-bond donors (Lipinski definition) is 1. The minimum Gasteiger partial charge on any atom is -0.398 e. The third-order valence-electron chi connectivity index (χ3n) is 2.90. The molecule has 1 saturated heterocycles. The van der Waals surface area contributed by atoms with Crippen molar-refractivity contribution < 1.29 is 22.7 Å². The number of para-hydroxylation sites is 1. The number of anilines is 1. The molecule has 0 aromatic heterocycles. The fourth-order valence-electron chi connectivity index (χ4n) is 1.99. The van der Waals surface area contributed by atoms with Gasteiger partial charge in [0.15, 0.2) is 5.78 Å². The molecule has 18 heavy (non-hydrogen) atoms. The Bertz CT molecular complexity index is 465. The van der Waals surface area contributed by atoms with E-state index in [-0.39, 0.29) is 5.56 Å². The second-order valence-corrected chi connectivity index (χ2v) is 4.13. The molecule has 3 nitrogen and oxygen atoms in total. The van der Waals surface area contributed by atoms with Gasteiger partial charge in [-0.25, -0.2) is 0 Å². The SMILES string of the molecule is Nc1c(C(=O)C2CCCO2)cccc1C(F)(F)F. The lowest BCUT2D eigenvalue weighted by atomic mass is 9.99. The van der Waals surface area contributed by atoms with Crippen LogP contribution in [0.15, 0.2) is 18.2 Å². The second-order valence-electron chi connectivity index (χ2n) is 4.13. The lowest BCUT2D eigenvalue weighted by Crippen LogP contribution is -2.22. The maximum Gasteiger partial charge on any atom is 0.418 e. The first-order valence-corrected chi connectivity index (χ1v) is 5.53. The van der Waals surface area contributed by atoms with Gasteiger partial charge in [-0.2, -0.15) is 13.2 Å². The molecule has 0 spiro atoms. The van der Waals surface area contributed by atoms with Gasteiger partial charge < -0.3 is 10.5 Å². The summed E-state index contributed by atoms with van der Waals surface area (Å²) in [6.45, 7) is 0.454.